The third-order valence-corrected chi connectivity index (χ3v) is 5.47. The molecule has 0 aliphatic carbocycles. The number of aromatic nitrogens is 1. The molecule has 23 heavy (non-hydrogen) atoms. The maximum atomic E-state index is 11.1. The normalized spacial score (nSPS) is 19.7. The van der Waals surface area contributed by atoms with E-state index >= 15 is 0 Å². The molecule has 1 aliphatic heterocycles. The molecule has 0 bridgehead atoms. The van der Waals surface area contributed by atoms with Crippen molar-refractivity contribution in [2.24, 2.45) is 0 Å². The number of sulfonamides is 1. The molecule has 2 aromatic rings. The SMILES string of the molecule is CN1CCCC1Cc1c[nH]c2ccc(CCNS(C)(=O)=O)cc12. The summed E-state index contributed by atoms with van der Waals surface area (Å²) in [6, 6.07) is 6.98. The first-order valence-electron chi connectivity index (χ1n) is 8.16. The first kappa shape index (κ1) is 16.5. The monoisotopic (exact) mass is 335 g/mol. The van der Waals surface area contributed by atoms with Crippen molar-refractivity contribution >= 4 is 20.9 Å². The van der Waals surface area contributed by atoms with E-state index in [9.17, 15) is 8.42 Å². The third-order valence-electron chi connectivity index (χ3n) is 4.74. The predicted molar refractivity (Wildman–Crippen MR) is 94.2 cm³/mol. The fourth-order valence-corrected chi connectivity index (χ4v) is 3.89. The molecule has 0 saturated carbocycles. The first-order chi connectivity index (χ1) is 10.9. The van der Waals surface area contributed by atoms with Gasteiger partial charge >= 0.3 is 0 Å². The van der Waals surface area contributed by atoms with Gasteiger partial charge in [0, 0.05) is 29.7 Å². The quantitative estimate of drug-likeness (QED) is 0.847. The number of rotatable bonds is 6. The predicted octanol–water partition coefficient (Wildman–Crippen LogP) is 1.90. The number of nitrogens with zero attached hydrogens (tertiary/aromatic N) is 1. The number of benzene rings is 1. The molecule has 2 heterocycles. The van der Waals surface area contributed by atoms with Gasteiger partial charge in [-0.1, -0.05) is 6.07 Å². The summed E-state index contributed by atoms with van der Waals surface area (Å²) in [7, 11) is -0.914. The lowest BCUT2D eigenvalue weighted by Crippen LogP contribution is -2.26. The van der Waals surface area contributed by atoms with Crippen LogP contribution in [-0.4, -0.2) is 50.7 Å². The Kier molecular flexibility index (Phi) is 4.75. The van der Waals surface area contributed by atoms with Crippen LogP contribution in [0.2, 0.25) is 0 Å². The van der Waals surface area contributed by atoms with E-state index in [1.54, 1.807) is 0 Å². The summed E-state index contributed by atoms with van der Waals surface area (Å²) >= 11 is 0. The number of fused-ring (bicyclic) bond motifs is 1. The van der Waals surface area contributed by atoms with E-state index in [2.05, 4.69) is 46.0 Å². The molecular weight excluding hydrogens is 310 g/mol. The van der Waals surface area contributed by atoms with Crippen molar-refractivity contribution in [3.63, 3.8) is 0 Å². The molecule has 1 aromatic carbocycles. The fraction of sp³-hybridized carbons (Fsp3) is 0.529. The molecule has 126 valence electrons. The Bertz CT molecular complexity index is 782. The number of hydrogen-bond donors (Lipinski definition) is 2. The lowest BCUT2D eigenvalue weighted by molar-refractivity contribution is 0.310. The van der Waals surface area contributed by atoms with Gasteiger partial charge in [-0.3, -0.25) is 0 Å². The highest BCUT2D eigenvalue weighted by atomic mass is 32.2. The van der Waals surface area contributed by atoms with Crippen LogP contribution in [0.5, 0.6) is 0 Å². The van der Waals surface area contributed by atoms with Crippen molar-refractivity contribution in [2.45, 2.75) is 31.7 Å². The maximum Gasteiger partial charge on any atom is 0.208 e. The zero-order chi connectivity index (χ0) is 16.4. The molecule has 6 heteroatoms. The van der Waals surface area contributed by atoms with Crippen molar-refractivity contribution < 1.29 is 8.42 Å². The topological polar surface area (TPSA) is 65.2 Å². The summed E-state index contributed by atoms with van der Waals surface area (Å²) < 4.78 is 24.8. The summed E-state index contributed by atoms with van der Waals surface area (Å²) in [5.41, 5.74) is 3.67. The van der Waals surface area contributed by atoms with Gasteiger partial charge in [-0.05, 0) is 62.5 Å². The van der Waals surface area contributed by atoms with Crippen molar-refractivity contribution in [1.82, 2.24) is 14.6 Å². The summed E-state index contributed by atoms with van der Waals surface area (Å²) in [6.45, 7) is 1.63. The van der Waals surface area contributed by atoms with Crippen molar-refractivity contribution in [3.05, 3.63) is 35.5 Å². The lowest BCUT2D eigenvalue weighted by atomic mass is 10.0. The molecule has 0 spiro atoms. The smallest absolute Gasteiger partial charge is 0.208 e. The van der Waals surface area contributed by atoms with E-state index < -0.39 is 10.0 Å². The van der Waals surface area contributed by atoms with Crippen LogP contribution in [0.4, 0.5) is 0 Å². The number of likely N-dealkylation sites (N-methyl/N-ethyl adjacent to an activating group) is 1. The van der Waals surface area contributed by atoms with E-state index in [4.69, 9.17) is 0 Å². The molecule has 1 aliphatic rings. The van der Waals surface area contributed by atoms with Crippen LogP contribution in [0.15, 0.2) is 24.4 Å². The minimum absolute atomic E-state index is 0.440. The van der Waals surface area contributed by atoms with E-state index in [-0.39, 0.29) is 0 Å². The second kappa shape index (κ2) is 6.63. The van der Waals surface area contributed by atoms with Crippen molar-refractivity contribution in [2.75, 3.05) is 26.4 Å². The molecule has 1 fully saturated rings. The number of hydrogen-bond acceptors (Lipinski definition) is 3. The molecule has 1 atom stereocenters. The summed E-state index contributed by atoms with van der Waals surface area (Å²) in [5.74, 6) is 0. The molecule has 3 rings (SSSR count). The number of H-pyrrole nitrogens is 1. The Balaban J connectivity index is 1.74. The maximum absolute atomic E-state index is 11.1. The Morgan fingerprint density at radius 3 is 2.91 bits per heavy atom. The van der Waals surface area contributed by atoms with Gasteiger partial charge in [0.25, 0.3) is 0 Å². The highest BCUT2D eigenvalue weighted by Crippen LogP contribution is 2.25. The van der Waals surface area contributed by atoms with Crippen LogP contribution in [-0.2, 0) is 22.9 Å². The fourth-order valence-electron chi connectivity index (χ4n) is 3.42. The first-order valence-corrected chi connectivity index (χ1v) is 10.1. The van der Waals surface area contributed by atoms with Gasteiger partial charge in [0.15, 0.2) is 0 Å². The minimum Gasteiger partial charge on any atom is -0.361 e. The van der Waals surface area contributed by atoms with Gasteiger partial charge in [0.05, 0.1) is 6.26 Å². The molecule has 0 radical (unpaired) electrons. The second-order valence-corrected chi connectivity index (χ2v) is 8.42. The van der Waals surface area contributed by atoms with E-state index in [1.807, 2.05) is 0 Å². The Labute approximate surface area is 138 Å². The van der Waals surface area contributed by atoms with Crippen molar-refractivity contribution in [3.8, 4) is 0 Å². The Morgan fingerprint density at radius 2 is 2.22 bits per heavy atom. The molecule has 2 N–H and O–H groups in total. The van der Waals surface area contributed by atoms with Crippen LogP contribution in [0.1, 0.15) is 24.0 Å². The van der Waals surface area contributed by atoms with E-state index in [1.165, 1.54) is 36.6 Å². The van der Waals surface area contributed by atoms with E-state index in [0.717, 1.165) is 17.5 Å². The van der Waals surface area contributed by atoms with Gasteiger partial charge in [-0.2, -0.15) is 0 Å². The average molecular weight is 335 g/mol. The van der Waals surface area contributed by atoms with Crippen LogP contribution in [0.25, 0.3) is 10.9 Å². The molecular formula is C17H25N3O2S. The minimum atomic E-state index is -3.12. The highest BCUT2D eigenvalue weighted by Gasteiger charge is 2.22. The summed E-state index contributed by atoms with van der Waals surface area (Å²) in [5, 5.41) is 1.27. The van der Waals surface area contributed by atoms with Crippen LogP contribution in [0.3, 0.4) is 0 Å². The zero-order valence-electron chi connectivity index (χ0n) is 13.8. The zero-order valence-corrected chi connectivity index (χ0v) is 14.6. The lowest BCUT2D eigenvalue weighted by Gasteiger charge is -2.18. The summed E-state index contributed by atoms with van der Waals surface area (Å²) in [4.78, 5) is 5.80. The van der Waals surface area contributed by atoms with Gasteiger partial charge < -0.3 is 9.88 Å². The van der Waals surface area contributed by atoms with Crippen molar-refractivity contribution in [1.29, 1.82) is 0 Å². The molecule has 5 nitrogen and oxygen atoms in total. The van der Waals surface area contributed by atoms with E-state index in [0.29, 0.717) is 19.0 Å². The van der Waals surface area contributed by atoms with Crippen LogP contribution < -0.4 is 4.72 Å². The van der Waals surface area contributed by atoms with Gasteiger partial charge in [-0.15, -0.1) is 0 Å². The number of nitrogens with one attached hydrogen (secondary N) is 2. The van der Waals surface area contributed by atoms with Gasteiger partial charge in [0.1, 0.15) is 0 Å². The second-order valence-electron chi connectivity index (χ2n) is 6.59. The highest BCUT2D eigenvalue weighted by molar-refractivity contribution is 7.88. The largest absolute Gasteiger partial charge is 0.361 e. The molecule has 1 saturated heterocycles. The van der Waals surface area contributed by atoms with Crippen LogP contribution >= 0.6 is 0 Å². The average Bonchev–Trinajstić information content (AvgIpc) is 3.05. The molecule has 1 unspecified atom stereocenters. The molecule has 1 aromatic heterocycles. The van der Waals surface area contributed by atoms with Gasteiger partial charge in [-0.25, -0.2) is 13.1 Å². The van der Waals surface area contributed by atoms with Crippen LogP contribution in [0, 0.1) is 0 Å². The number of likely N-dealkylation sites (tertiary alicyclic amines) is 1. The molecule has 0 amide bonds. The Morgan fingerprint density at radius 1 is 1.39 bits per heavy atom. The number of aromatic amines is 1. The summed E-state index contributed by atoms with van der Waals surface area (Å²) in [6.07, 6.45) is 7.64. The van der Waals surface area contributed by atoms with Gasteiger partial charge in [0.2, 0.25) is 10.0 Å². The Hall–Kier alpha value is -1.37. The third kappa shape index (κ3) is 4.13. The standard InChI is InChI=1S/C17H25N3O2S/c1-20-9-3-4-15(20)11-14-12-18-17-6-5-13(10-16(14)17)7-8-19-23(2,21)22/h5-6,10,12,15,18-19H,3-4,7-9,11H2,1-2H3.